The Labute approximate surface area is 190 Å². The molecule has 0 saturated heterocycles. The van der Waals surface area contributed by atoms with Gasteiger partial charge in [0.05, 0.1) is 24.2 Å². The van der Waals surface area contributed by atoms with Gasteiger partial charge < -0.3 is 14.2 Å². The zero-order valence-corrected chi connectivity index (χ0v) is 18.1. The minimum Gasteiger partial charge on any atom is -0.491 e. The van der Waals surface area contributed by atoms with E-state index in [1.165, 1.54) is 12.1 Å². The zero-order valence-electron chi connectivity index (χ0n) is 18.1. The second-order valence-corrected chi connectivity index (χ2v) is 7.52. The molecule has 0 aliphatic rings. The molecular formula is C26H22FN3O3. The van der Waals surface area contributed by atoms with Gasteiger partial charge in [0.25, 0.3) is 0 Å². The maximum atomic E-state index is 14.2. The van der Waals surface area contributed by atoms with Crippen molar-refractivity contribution in [1.82, 2.24) is 14.4 Å². The molecule has 0 spiro atoms. The van der Waals surface area contributed by atoms with Gasteiger partial charge in [0.1, 0.15) is 41.7 Å². The molecule has 7 heteroatoms. The SMILES string of the molecule is COCCOc1ccn2c(-c3ccc4cc(F)cc(OCc5ccccc5)c4n3)cnc2c1. The number of halogens is 1. The van der Waals surface area contributed by atoms with E-state index < -0.39 is 0 Å². The molecule has 3 aromatic heterocycles. The Hall–Kier alpha value is -3.97. The Bertz CT molecular complexity index is 1400. The lowest BCUT2D eigenvalue weighted by Gasteiger charge is -2.11. The number of benzene rings is 2. The predicted octanol–water partition coefficient (Wildman–Crippen LogP) is 5.29. The van der Waals surface area contributed by atoms with Crippen LogP contribution in [0.15, 0.2) is 79.1 Å². The normalized spacial score (nSPS) is 11.2. The summed E-state index contributed by atoms with van der Waals surface area (Å²) in [6.07, 6.45) is 3.65. The van der Waals surface area contributed by atoms with Gasteiger partial charge in [0.2, 0.25) is 0 Å². The monoisotopic (exact) mass is 443 g/mol. The van der Waals surface area contributed by atoms with Gasteiger partial charge >= 0.3 is 0 Å². The van der Waals surface area contributed by atoms with Gasteiger partial charge in [-0.2, -0.15) is 0 Å². The number of hydrogen-bond donors (Lipinski definition) is 0. The van der Waals surface area contributed by atoms with E-state index in [0.29, 0.717) is 42.2 Å². The van der Waals surface area contributed by atoms with Crippen LogP contribution < -0.4 is 9.47 Å². The summed E-state index contributed by atoms with van der Waals surface area (Å²) < 4.78 is 32.8. The van der Waals surface area contributed by atoms with Crippen LogP contribution in [0.25, 0.3) is 27.9 Å². The second kappa shape index (κ2) is 9.26. The van der Waals surface area contributed by atoms with Crippen LogP contribution in [0.3, 0.4) is 0 Å². The molecule has 0 atom stereocenters. The molecule has 0 saturated carbocycles. The van der Waals surface area contributed by atoms with Gasteiger partial charge in [-0.25, -0.2) is 14.4 Å². The van der Waals surface area contributed by atoms with E-state index in [9.17, 15) is 4.39 Å². The third kappa shape index (κ3) is 4.49. The number of methoxy groups -OCH3 is 1. The van der Waals surface area contributed by atoms with E-state index in [4.69, 9.17) is 19.2 Å². The molecule has 33 heavy (non-hydrogen) atoms. The maximum Gasteiger partial charge on any atom is 0.148 e. The maximum absolute atomic E-state index is 14.2. The summed E-state index contributed by atoms with van der Waals surface area (Å²) >= 11 is 0. The van der Waals surface area contributed by atoms with Crippen LogP contribution >= 0.6 is 0 Å². The van der Waals surface area contributed by atoms with Crippen molar-refractivity contribution in [3.8, 4) is 22.9 Å². The van der Waals surface area contributed by atoms with Crippen molar-refractivity contribution in [1.29, 1.82) is 0 Å². The highest BCUT2D eigenvalue weighted by Gasteiger charge is 2.13. The highest BCUT2D eigenvalue weighted by Crippen LogP contribution is 2.30. The molecule has 5 aromatic rings. The van der Waals surface area contributed by atoms with Crippen LogP contribution in [0.1, 0.15) is 5.56 Å². The number of imidazole rings is 1. The first kappa shape index (κ1) is 20.9. The van der Waals surface area contributed by atoms with Gasteiger partial charge in [0.15, 0.2) is 0 Å². The first-order valence-corrected chi connectivity index (χ1v) is 10.6. The molecule has 0 radical (unpaired) electrons. The van der Waals surface area contributed by atoms with Gasteiger partial charge in [-0.15, -0.1) is 0 Å². The van der Waals surface area contributed by atoms with E-state index in [2.05, 4.69) is 4.98 Å². The Kier molecular flexibility index (Phi) is 5.87. The number of rotatable bonds is 8. The minimum atomic E-state index is -0.365. The summed E-state index contributed by atoms with van der Waals surface area (Å²) in [5.41, 5.74) is 3.85. The third-order valence-corrected chi connectivity index (χ3v) is 5.26. The fourth-order valence-corrected chi connectivity index (χ4v) is 3.64. The molecule has 0 unspecified atom stereocenters. The Morgan fingerprint density at radius 3 is 2.67 bits per heavy atom. The highest BCUT2D eigenvalue weighted by atomic mass is 19.1. The molecule has 0 aliphatic heterocycles. The lowest BCUT2D eigenvalue weighted by molar-refractivity contribution is 0.146. The fourth-order valence-electron chi connectivity index (χ4n) is 3.64. The first-order valence-electron chi connectivity index (χ1n) is 10.6. The molecule has 0 aliphatic carbocycles. The second-order valence-electron chi connectivity index (χ2n) is 7.52. The Morgan fingerprint density at radius 1 is 0.939 bits per heavy atom. The molecule has 0 bridgehead atoms. The number of hydrogen-bond acceptors (Lipinski definition) is 5. The largest absolute Gasteiger partial charge is 0.491 e. The highest BCUT2D eigenvalue weighted by molar-refractivity contribution is 5.86. The topological polar surface area (TPSA) is 57.9 Å². The number of pyridine rings is 2. The van der Waals surface area contributed by atoms with Crippen LogP contribution in [0.2, 0.25) is 0 Å². The Balaban J connectivity index is 1.48. The van der Waals surface area contributed by atoms with Crippen LogP contribution in [-0.2, 0) is 11.3 Å². The quantitative estimate of drug-likeness (QED) is 0.305. The average molecular weight is 443 g/mol. The molecule has 6 nitrogen and oxygen atoms in total. The van der Waals surface area contributed by atoms with Crippen molar-refractivity contribution >= 4 is 16.6 Å². The fraction of sp³-hybridized carbons (Fsp3) is 0.154. The van der Waals surface area contributed by atoms with Gasteiger partial charge in [-0.3, -0.25) is 4.40 Å². The first-order chi connectivity index (χ1) is 16.2. The van der Waals surface area contributed by atoms with Crippen molar-refractivity contribution in [2.45, 2.75) is 6.61 Å². The standard InChI is InChI=1S/C26H22FN3O3/c1-31-11-12-32-21-9-10-30-23(16-28-25(30)15-21)22-8-7-19-13-20(27)14-24(26(19)29-22)33-17-18-5-3-2-4-6-18/h2-10,13-16H,11-12,17H2,1H3. The molecule has 3 heterocycles. The zero-order chi connectivity index (χ0) is 22.6. The molecule has 2 aromatic carbocycles. The Morgan fingerprint density at radius 2 is 1.82 bits per heavy atom. The lowest BCUT2D eigenvalue weighted by Crippen LogP contribution is -2.04. The lowest BCUT2D eigenvalue weighted by atomic mass is 10.1. The van der Waals surface area contributed by atoms with Crippen molar-refractivity contribution in [2.75, 3.05) is 20.3 Å². The molecule has 0 amide bonds. The third-order valence-electron chi connectivity index (χ3n) is 5.26. The number of ether oxygens (including phenoxy) is 3. The van der Waals surface area contributed by atoms with Gasteiger partial charge in [0, 0.05) is 30.8 Å². The van der Waals surface area contributed by atoms with Gasteiger partial charge in [-0.05, 0) is 23.8 Å². The van der Waals surface area contributed by atoms with Crippen molar-refractivity contribution < 1.29 is 18.6 Å². The van der Waals surface area contributed by atoms with Gasteiger partial charge in [-0.1, -0.05) is 36.4 Å². The van der Waals surface area contributed by atoms with Crippen molar-refractivity contribution in [2.24, 2.45) is 0 Å². The molecule has 166 valence electrons. The average Bonchev–Trinajstić information content (AvgIpc) is 3.26. The van der Waals surface area contributed by atoms with Crippen LogP contribution in [0.4, 0.5) is 4.39 Å². The van der Waals surface area contributed by atoms with E-state index in [0.717, 1.165) is 22.7 Å². The summed E-state index contributed by atoms with van der Waals surface area (Å²) in [7, 11) is 1.64. The molecular weight excluding hydrogens is 421 g/mol. The molecule has 0 fully saturated rings. The van der Waals surface area contributed by atoms with Crippen LogP contribution in [0.5, 0.6) is 11.5 Å². The van der Waals surface area contributed by atoms with E-state index in [1.807, 2.05) is 65.2 Å². The van der Waals surface area contributed by atoms with E-state index >= 15 is 0 Å². The summed E-state index contributed by atoms with van der Waals surface area (Å²) in [4.78, 5) is 9.30. The number of aromatic nitrogens is 3. The van der Waals surface area contributed by atoms with E-state index in [-0.39, 0.29) is 5.82 Å². The van der Waals surface area contributed by atoms with Crippen molar-refractivity contribution in [3.63, 3.8) is 0 Å². The van der Waals surface area contributed by atoms with Crippen LogP contribution in [0, 0.1) is 5.82 Å². The summed E-state index contributed by atoms with van der Waals surface area (Å²) in [5, 5.41) is 0.671. The minimum absolute atomic E-state index is 0.326. The molecule has 5 rings (SSSR count). The smallest absolute Gasteiger partial charge is 0.148 e. The van der Waals surface area contributed by atoms with E-state index in [1.54, 1.807) is 13.3 Å². The van der Waals surface area contributed by atoms with Crippen LogP contribution in [-0.4, -0.2) is 34.7 Å². The summed E-state index contributed by atoms with van der Waals surface area (Å²) in [6, 6.07) is 20.0. The number of nitrogens with zero attached hydrogens (tertiary/aromatic N) is 3. The summed E-state index contributed by atoms with van der Waals surface area (Å²) in [6.45, 7) is 1.31. The predicted molar refractivity (Wildman–Crippen MR) is 124 cm³/mol. The number of fused-ring (bicyclic) bond motifs is 2. The van der Waals surface area contributed by atoms with Crippen molar-refractivity contribution in [3.05, 3.63) is 90.5 Å². The summed E-state index contributed by atoms with van der Waals surface area (Å²) in [5.74, 6) is 0.754. The molecule has 0 N–H and O–H groups in total.